The molecule has 3 aromatic carbocycles. The summed E-state index contributed by atoms with van der Waals surface area (Å²) in [7, 11) is 2.53. The number of anilines is 1. The van der Waals surface area contributed by atoms with Crippen molar-refractivity contribution in [2.45, 2.75) is 26.1 Å². The molecule has 3 amide bonds. The molecule has 7 nitrogen and oxygen atoms in total. The number of nitrogens with zero attached hydrogens (tertiary/aromatic N) is 2. The van der Waals surface area contributed by atoms with Gasteiger partial charge in [0.15, 0.2) is 0 Å². The normalized spacial score (nSPS) is 14.8. The first kappa shape index (κ1) is 27.6. The highest BCUT2D eigenvalue weighted by molar-refractivity contribution is 6.00. The van der Waals surface area contributed by atoms with Crippen LogP contribution in [0.3, 0.4) is 0 Å². The molecule has 204 valence electrons. The second-order valence-corrected chi connectivity index (χ2v) is 8.84. The second kappa shape index (κ2) is 10.7. The van der Waals surface area contributed by atoms with Crippen molar-refractivity contribution in [1.82, 2.24) is 10.2 Å². The first-order chi connectivity index (χ1) is 18.4. The van der Waals surface area contributed by atoms with Crippen LogP contribution in [0, 0.1) is 29.1 Å². The molecule has 39 heavy (non-hydrogen) atoms. The van der Waals surface area contributed by atoms with Crippen molar-refractivity contribution in [1.29, 1.82) is 0 Å². The van der Waals surface area contributed by atoms with Crippen molar-refractivity contribution in [2.24, 2.45) is 0 Å². The van der Waals surface area contributed by atoms with Crippen LogP contribution in [0.25, 0.3) is 0 Å². The molecular formula is C27H22F5N3O4. The Bertz CT molecular complexity index is 1470. The van der Waals surface area contributed by atoms with E-state index in [0.29, 0.717) is 17.7 Å². The summed E-state index contributed by atoms with van der Waals surface area (Å²) in [4.78, 5) is 40.3. The average molecular weight is 547 g/mol. The molecule has 0 unspecified atom stereocenters. The highest BCUT2D eigenvalue weighted by atomic mass is 19.2. The molecule has 0 spiro atoms. The number of carbonyl (C=O) groups is 3. The molecule has 0 aliphatic carbocycles. The molecule has 1 heterocycles. The Hall–Kier alpha value is -4.48. The molecule has 0 radical (unpaired) electrons. The number of methoxy groups -OCH3 is 1. The molecule has 0 bridgehead atoms. The van der Waals surface area contributed by atoms with Crippen LogP contribution in [-0.4, -0.2) is 37.0 Å². The number of ether oxygens (including phenoxy) is 1. The van der Waals surface area contributed by atoms with Gasteiger partial charge in [-0.1, -0.05) is 6.07 Å². The molecule has 1 aliphatic rings. The number of urea groups is 1. The van der Waals surface area contributed by atoms with Gasteiger partial charge < -0.3 is 15.0 Å². The van der Waals surface area contributed by atoms with E-state index in [-0.39, 0.29) is 11.3 Å². The topological polar surface area (TPSA) is 79.0 Å². The van der Waals surface area contributed by atoms with Crippen LogP contribution in [-0.2, 0) is 17.8 Å². The van der Waals surface area contributed by atoms with Crippen LogP contribution in [0.4, 0.5) is 32.4 Å². The van der Waals surface area contributed by atoms with E-state index < -0.39 is 82.8 Å². The number of benzene rings is 3. The Morgan fingerprint density at radius 2 is 1.62 bits per heavy atom. The lowest BCUT2D eigenvalue weighted by molar-refractivity contribution is 0.0595. The van der Waals surface area contributed by atoms with Gasteiger partial charge in [-0.3, -0.25) is 9.69 Å². The molecule has 0 saturated carbocycles. The standard InChI is InChI=1S/C27H22F5N3O4/c1-13-16-5-4-14(25(36)33-11-18-21(30)9-15(28)10-22(18)31)8-23(16)35(27(38)34(13)2)12-19-20(29)7-6-17(24(19)32)26(37)39-3/h4-10,13H,11-12H2,1-3H3,(H,33,36)/t13-/m0/s1. The molecule has 0 aromatic heterocycles. The number of rotatable bonds is 6. The molecule has 3 aromatic rings. The van der Waals surface area contributed by atoms with E-state index in [4.69, 9.17) is 0 Å². The summed E-state index contributed by atoms with van der Waals surface area (Å²) in [6.07, 6.45) is 0. The third-order valence-electron chi connectivity index (χ3n) is 6.59. The monoisotopic (exact) mass is 547 g/mol. The van der Waals surface area contributed by atoms with Gasteiger partial charge in [0.2, 0.25) is 0 Å². The number of nitrogens with one attached hydrogen (secondary N) is 1. The van der Waals surface area contributed by atoms with Gasteiger partial charge in [-0.05, 0) is 36.8 Å². The predicted octanol–water partition coefficient (Wildman–Crippen LogP) is 5.23. The van der Waals surface area contributed by atoms with Crippen LogP contribution in [0.5, 0.6) is 0 Å². The zero-order chi connectivity index (χ0) is 28.6. The van der Waals surface area contributed by atoms with Gasteiger partial charge in [0.25, 0.3) is 5.91 Å². The van der Waals surface area contributed by atoms with Crippen molar-refractivity contribution >= 4 is 23.6 Å². The molecule has 4 rings (SSSR count). The number of hydrogen-bond donors (Lipinski definition) is 1. The fourth-order valence-electron chi connectivity index (χ4n) is 4.27. The van der Waals surface area contributed by atoms with Gasteiger partial charge in [0, 0.05) is 42.4 Å². The number of carbonyl (C=O) groups excluding carboxylic acids is 3. The Kier molecular flexibility index (Phi) is 7.57. The maximum absolute atomic E-state index is 15.1. The second-order valence-electron chi connectivity index (χ2n) is 8.84. The third kappa shape index (κ3) is 5.14. The predicted molar refractivity (Wildman–Crippen MR) is 129 cm³/mol. The van der Waals surface area contributed by atoms with E-state index in [9.17, 15) is 31.9 Å². The molecule has 1 atom stereocenters. The van der Waals surface area contributed by atoms with Crippen LogP contribution in [0.2, 0.25) is 0 Å². The summed E-state index contributed by atoms with van der Waals surface area (Å²) in [5.74, 6) is -7.47. The Labute approximate surface area is 219 Å². The van der Waals surface area contributed by atoms with Crippen molar-refractivity contribution in [3.05, 3.63) is 99.4 Å². The SMILES string of the molecule is COC(=O)c1ccc(F)c(CN2C(=O)N(C)[C@@H](C)c3ccc(C(=O)NCc4c(F)cc(F)cc4F)cc32)c1F. The lowest BCUT2D eigenvalue weighted by atomic mass is 9.98. The Balaban J connectivity index is 1.69. The van der Waals surface area contributed by atoms with E-state index in [1.165, 1.54) is 24.1 Å². The molecule has 1 N–H and O–H groups in total. The highest BCUT2D eigenvalue weighted by Crippen LogP contribution is 2.38. The van der Waals surface area contributed by atoms with Gasteiger partial charge in [-0.25, -0.2) is 31.5 Å². The van der Waals surface area contributed by atoms with Gasteiger partial charge in [0.05, 0.1) is 30.9 Å². The lowest BCUT2D eigenvalue weighted by Crippen LogP contribution is -2.47. The van der Waals surface area contributed by atoms with Crippen LogP contribution >= 0.6 is 0 Å². The molecule has 0 fully saturated rings. The van der Waals surface area contributed by atoms with E-state index in [2.05, 4.69) is 10.1 Å². The number of amides is 3. The Morgan fingerprint density at radius 3 is 2.26 bits per heavy atom. The summed E-state index contributed by atoms with van der Waals surface area (Å²) in [5, 5.41) is 2.34. The zero-order valence-electron chi connectivity index (χ0n) is 21.0. The quantitative estimate of drug-likeness (QED) is 0.339. The molecular weight excluding hydrogens is 525 g/mol. The largest absolute Gasteiger partial charge is 0.465 e. The minimum atomic E-state index is -1.20. The van der Waals surface area contributed by atoms with E-state index in [0.717, 1.165) is 24.1 Å². The fraction of sp³-hybridized carbons (Fsp3) is 0.222. The summed E-state index contributed by atoms with van der Waals surface area (Å²) in [6.45, 7) is 0.502. The first-order valence-corrected chi connectivity index (χ1v) is 11.6. The third-order valence-corrected chi connectivity index (χ3v) is 6.59. The minimum Gasteiger partial charge on any atom is -0.465 e. The highest BCUT2D eigenvalue weighted by Gasteiger charge is 2.35. The summed E-state index contributed by atoms with van der Waals surface area (Å²) in [5.41, 5.74) is -0.943. The minimum absolute atomic E-state index is 0.0181. The van der Waals surface area contributed by atoms with Crippen molar-refractivity contribution < 1.29 is 41.1 Å². The summed E-state index contributed by atoms with van der Waals surface area (Å²) in [6, 6.07) is 5.94. The lowest BCUT2D eigenvalue weighted by Gasteiger charge is -2.39. The summed E-state index contributed by atoms with van der Waals surface area (Å²) >= 11 is 0. The zero-order valence-corrected chi connectivity index (χ0v) is 21.0. The average Bonchev–Trinajstić information content (AvgIpc) is 2.90. The van der Waals surface area contributed by atoms with Gasteiger partial charge in [-0.2, -0.15) is 0 Å². The molecule has 0 saturated heterocycles. The maximum Gasteiger partial charge on any atom is 0.340 e. The van der Waals surface area contributed by atoms with Crippen LogP contribution < -0.4 is 10.2 Å². The van der Waals surface area contributed by atoms with E-state index in [1.807, 2.05) is 0 Å². The van der Waals surface area contributed by atoms with E-state index in [1.54, 1.807) is 13.0 Å². The fourth-order valence-corrected chi connectivity index (χ4v) is 4.27. The number of halogens is 5. The number of fused-ring (bicyclic) bond motifs is 1. The van der Waals surface area contributed by atoms with Gasteiger partial charge in [-0.15, -0.1) is 0 Å². The maximum atomic E-state index is 15.1. The van der Waals surface area contributed by atoms with Crippen molar-refractivity contribution in [2.75, 3.05) is 19.1 Å². The number of hydrogen-bond acceptors (Lipinski definition) is 4. The van der Waals surface area contributed by atoms with Crippen molar-refractivity contribution in [3.8, 4) is 0 Å². The molecule has 12 heteroatoms. The van der Waals surface area contributed by atoms with Crippen LogP contribution in [0.1, 0.15) is 50.4 Å². The van der Waals surface area contributed by atoms with Crippen LogP contribution in [0.15, 0.2) is 42.5 Å². The van der Waals surface area contributed by atoms with Crippen molar-refractivity contribution in [3.63, 3.8) is 0 Å². The van der Waals surface area contributed by atoms with E-state index >= 15 is 4.39 Å². The number of esters is 1. The Morgan fingerprint density at radius 1 is 0.949 bits per heavy atom. The molecule has 1 aliphatic heterocycles. The smallest absolute Gasteiger partial charge is 0.340 e. The van der Waals surface area contributed by atoms with Gasteiger partial charge in [0.1, 0.15) is 29.1 Å². The summed E-state index contributed by atoms with van der Waals surface area (Å²) < 4.78 is 75.5. The first-order valence-electron chi connectivity index (χ1n) is 11.6. The van der Waals surface area contributed by atoms with Gasteiger partial charge >= 0.3 is 12.0 Å².